The fourth-order valence-electron chi connectivity index (χ4n) is 6.37. The van der Waals surface area contributed by atoms with Crippen molar-refractivity contribution in [1.82, 2.24) is 4.90 Å². The van der Waals surface area contributed by atoms with Gasteiger partial charge in [0.2, 0.25) is 0 Å². The predicted molar refractivity (Wildman–Crippen MR) is 121 cm³/mol. The third kappa shape index (κ3) is 3.48. The maximum absolute atomic E-state index is 12.4. The van der Waals surface area contributed by atoms with Crippen LogP contribution in [-0.4, -0.2) is 43.4 Å². The molecule has 3 heteroatoms. The van der Waals surface area contributed by atoms with E-state index in [1.54, 1.807) is 0 Å². The highest BCUT2D eigenvalue weighted by Gasteiger charge is 2.35. The maximum atomic E-state index is 12.4. The highest BCUT2D eigenvalue weighted by atomic mass is 16.1. The Labute approximate surface area is 175 Å². The van der Waals surface area contributed by atoms with Crippen molar-refractivity contribution in [1.29, 1.82) is 0 Å². The molecule has 1 saturated carbocycles. The normalized spacial score (nSPS) is 21.8. The molecule has 154 valence electrons. The van der Waals surface area contributed by atoms with Crippen LogP contribution in [0.25, 0.3) is 10.8 Å². The second-order valence-corrected chi connectivity index (χ2v) is 9.65. The lowest BCUT2D eigenvalue weighted by molar-refractivity contribution is 0.1000. The molecule has 5 rings (SSSR count). The lowest BCUT2D eigenvalue weighted by Gasteiger charge is -2.35. The molecule has 0 bridgehead atoms. The van der Waals surface area contributed by atoms with Gasteiger partial charge >= 0.3 is 0 Å². The molecule has 3 aliphatic rings. The Balaban J connectivity index is 1.36. The first-order valence-electron chi connectivity index (χ1n) is 11.7. The maximum Gasteiger partial charge on any atom is 0.167 e. The zero-order chi connectivity index (χ0) is 19.8. The summed E-state index contributed by atoms with van der Waals surface area (Å²) in [5.74, 6) is 0.280. The van der Waals surface area contributed by atoms with Gasteiger partial charge in [-0.25, -0.2) is 0 Å². The number of rotatable bonds is 5. The van der Waals surface area contributed by atoms with Gasteiger partial charge in [0.05, 0.1) is 0 Å². The molecular formula is C26H34N2O. The fourth-order valence-corrected chi connectivity index (χ4v) is 6.37. The molecule has 0 radical (unpaired) electrons. The molecule has 0 amide bonds. The number of carbonyl (C=O) groups excluding carboxylic acids is 1. The lowest BCUT2D eigenvalue weighted by Crippen LogP contribution is -2.38. The number of benzene rings is 2. The third-order valence-electron chi connectivity index (χ3n) is 7.69. The first-order chi connectivity index (χ1) is 14.2. The average molecular weight is 391 g/mol. The molecule has 2 fully saturated rings. The first kappa shape index (κ1) is 19.1. The van der Waals surface area contributed by atoms with Crippen LogP contribution in [0.1, 0.15) is 67.8 Å². The molecule has 3 nitrogen and oxygen atoms in total. The van der Waals surface area contributed by atoms with E-state index in [4.69, 9.17) is 0 Å². The van der Waals surface area contributed by atoms with Crippen LogP contribution in [-0.2, 0) is 6.42 Å². The van der Waals surface area contributed by atoms with Crippen molar-refractivity contribution in [2.75, 3.05) is 37.6 Å². The summed E-state index contributed by atoms with van der Waals surface area (Å²) in [4.78, 5) is 17.7. The highest BCUT2D eigenvalue weighted by Crippen LogP contribution is 2.43. The van der Waals surface area contributed by atoms with Crippen molar-refractivity contribution < 1.29 is 4.79 Å². The van der Waals surface area contributed by atoms with Crippen LogP contribution in [0.15, 0.2) is 30.3 Å². The molecule has 0 aromatic heterocycles. The van der Waals surface area contributed by atoms with Gasteiger partial charge in [0, 0.05) is 49.2 Å². The Morgan fingerprint density at radius 2 is 1.83 bits per heavy atom. The van der Waals surface area contributed by atoms with Gasteiger partial charge in [0.25, 0.3) is 0 Å². The third-order valence-corrected chi connectivity index (χ3v) is 7.69. The number of nitrogens with zero attached hydrogens (tertiary/aromatic N) is 2. The van der Waals surface area contributed by atoms with E-state index in [9.17, 15) is 4.79 Å². The first-order valence-corrected chi connectivity index (χ1v) is 11.7. The quantitative estimate of drug-likeness (QED) is 0.678. The van der Waals surface area contributed by atoms with Crippen LogP contribution in [0.5, 0.6) is 0 Å². The zero-order valence-corrected chi connectivity index (χ0v) is 17.9. The second kappa shape index (κ2) is 7.75. The monoisotopic (exact) mass is 390 g/mol. The molecule has 2 aliphatic carbocycles. The Bertz CT molecular complexity index is 912. The number of hydrogen-bond acceptors (Lipinski definition) is 3. The standard InChI is InChI=1S/C26H34N2O/c1-2-11-26(12-3-4-13-26)19-27-14-6-15-28(17-16-27)23-10-9-20-18-24(29)22-8-5-7-21(23)25(20)22/h5,7-10H,2-4,6,11-19H2,1H3. The van der Waals surface area contributed by atoms with Crippen molar-refractivity contribution in [2.45, 2.75) is 58.3 Å². The predicted octanol–water partition coefficient (Wildman–Crippen LogP) is 5.45. The zero-order valence-electron chi connectivity index (χ0n) is 17.9. The summed E-state index contributed by atoms with van der Waals surface area (Å²) in [6.45, 7) is 8.24. The number of carbonyl (C=O) groups is 1. The van der Waals surface area contributed by atoms with Crippen molar-refractivity contribution in [3.63, 3.8) is 0 Å². The van der Waals surface area contributed by atoms with Crippen molar-refractivity contribution >= 4 is 22.2 Å². The van der Waals surface area contributed by atoms with Crippen LogP contribution < -0.4 is 4.90 Å². The van der Waals surface area contributed by atoms with Gasteiger partial charge in [-0.1, -0.05) is 50.5 Å². The molecule has 2 aromatic carbocycles. The number of Topliss-reactive ketones (excluding diaryl/α,β-unsaturated/α-hetero) is 1. The second-order valence-electron chi connectivity index (χ2n) is 9.65. The molecule has 29 heavy (non-hydrogen) atoms. The van der Waals surface area contributed by atoms with Gasteiger partial charge in [0.1, 0.15) is 0 Å². The summed E-state index contributed by atoms with van der Waals surface area (Å²) in [5, 5.41) is 2.49. The van der Waals surface area contributed by atoms with Crippen molar-refractivity contribution in [3.05, 3.63) is 41.5 Å². The van der Waals surface area contributed by atoms with Gasteiger partial charge in [-0.2, -0.15) is 0 Å². The van der Waals surface area contributed by atoms with Crippen LogP contribution >= 0.6 is 0 Å². The summed E-state index contributed by atoms with van der Waals surface area (Å²) in [5.41, 5.74) is 4.06. The number of anilines is 1. The largest absolute Gasteiger partial charge is 0.370 e. The molecule has 0 N–H and O–H groups in total. The average Bonchev–Trinajstić information content (AvgIpc) is 3.23. The lowest BCUT2D eigenvalue weighted by atomic mass is 9.81. The molecular weight excluding hydrogens is 356 g/mol. The molecule has 1 saturated heterocycles. The Morgan fingerprint density at radius 3 is 2.66 bits per heavy atom. The van der Waals surface area contributed by atoms with E-state index in [1.165, 1.54) is 80.1 Å². The molecule has 0 unspecified atom stereocenters. The van der Waals surface area contributed by atoms with E-state index in [0.717, 1.165) is 25.2 Å². The molecule has 2 aromatic rings. The van der Waals surface area contributed by atoms with Crippen LogP contribution in [0, 0.1) is 5.41 Å². The van der Waals surface area contributed by atoms with Crippen molar-refractivity contribution in [3.8, 4) is 0 Å². The van der Waals surface area contributed by atoms with E-state index in [2.05, 4.69) is 41.0 Å². The molecule has 0 spiro atoms. The number of hydrogen-bond donors (Lipinski definition) is 0. The van der Waals surface area contributed by atoms with Gasteiger partial charge in [-0.3, -0.25) is 4.79 Å². The summed E-state index contributed by atoms with van der Waals surface area (Å²) in [6.07, 6.45) is 10.2. The van der Waals surface area contributed by atoms with Gasteiger partial charge in [-0.05, 0) is 54.7 Å². The minimum Gasteiger partial charge on any atom is -0.370 e. The minimum atomic E-state index is 0.280. The van der Waals surface area contributed by atoms with E-state index >= 15 is 0 Å². The summed E-state index contributed by atoms with van der Waals surface area (Å²) < 4.78 is 0. The smallest absolute Gasteiger partial charge is 0.167 e. The van der Waals surface area contributed by atoms with E-state index in [0.29, 0.717) is 11.8 Å². The SMILES string of the molecule is CCCC1(CN2CCCN(c3ccc4c5c(cccc35)C(=O)C4)CC2)CCCC1. The Hall–Kier alpha value is -1.87. The van der Waals surface area contributed by atoms with Crippen LogP contribution in [0.2, 0.25) is 0 Å². The van der Waals surface area contributed by atoms with E-state index in [-0.39, 0.29) is 5.78 Å². The van der Waals surface area contributed by atoms with Gasteiger partial charge < -0.3 is 9.80 Å². The van der Waals surface area contributed by atoms with Crippen LogP contribution in [0.3, 0.4) is 0 Å². The summed E-state index contributed by atoms with van der Waals surface area (Å²) in [7, 11) is 0. The topological polar surface area (TPSA) is 23.6 Å². The Kier molecular flexibility index (Phi) is 5.11. The fraction of sp³-hybridized carbons (Fsp3) is 0.577. The molecule has 1 aliphatic heterocycles. The Morgan fingerprint density at radius 1 is 0.966 bits per heavy atom. The van der Waals surface area contributed by atoms with Gasteiger partial charge in [-0.15, -0.1) is 0 Å². The minimum absolute atomic E-state index is 0.280. The highest BCUT2D eigenvalue weighted by molar-refractivity contribution is 6.17. The summed E-state index contributed by atoms with van der Waals surface area (Å²) >= 11 is 0. The number of ketones is 1. The molecule has 0 atom stereocenters. The summed E-state index contributed by atoms with van der Waals surface area (Å²) in [6, 6.07) is 10.7. The van der Waals surface area contributed by atoms with Crippen molar-refractivity contribution in [2.24, 2.45) is 5.41 Å². The van der Waals surface area contributed by atoms with E-state index in [1.807, 2.05) is 6.07 Å². The van der Waals surface area contributed by atoms with E-state index < -0.39 is 0 Å². The van der Waals surface area contributed by atoms with Gasteiger partial charge in [0.15, 0.2) is 5.78 Å². The van der Waals surface area contributed by atoms with Crippen LogP contribution in [0.4, 0.5) is 5.69 Å². The molecule has 1 heterocycles.